The van der Waals surface area contributed by atoms with Crippen molar-refractivity contribution in [1.82, 2.24) is 4.90 Å². The van der Waals surface area contributed by atoms with Gasteiger partial charge in [0.05, 0.1) is 0 Å². The number of nitrogens with zero attached hydrogens (tertiary/aromatic N) is 2. The minimum absolute atomic E-state index is 0. The second-order valence-electron chi connectivity index (χ2n) is 7.07. The van der Waals surface area contributed by atoms with Gasteiger partial charge in [-0.1, -0.05) is 31.8 Å². The Hall–Kier alpha value is -0.670. The summed E-state index contributed by atoms with van der Waals surface area (Å²) in [7, 11) is 2.25. The highest BCUT2D eigenvalue weighted by Gasteiger charge is 2.24. The van der Waals surface area contributed by atoms with Crippen molar-refractivity contribution in [2.75, 3.05) is 13.6 Å². The lowest BCUT2D eigenvalue weighted by Gasteiger charge is -2.18. The molecule has 1 aliphatic rings. The Morgan fingerprint density at radius 3 is 2.54 bits per heavy atom. The normalized spacial score (nSPS) is 17.6. The van der Waals surface area contributed by atoms with Crippen LogP contribution in [0.25, 0.3) is 0 Å². The summed E-state index contributed by atoms with van der Waals surface area (Å²) < 4.78 is 2.39. The van der Waals surface area contributed by atoms with Crippen LogP contribution in [0.5, 0.6) is 0 Å². The smallest absolute Gasteiger partial charge is 0.173 e. The average molecular weight is 395 g/mol. The van der Waals surface area contributed by atoms with E-state index in [4.69, 9.17) is 0 Å². The summed E-state index contributed by atoms with van der Waals surface area (Å²) in [5.41, 5.74) is 1.50. The number of likely N-dealkylation sites (tertiary alicyclic amines) is 1. The molecule has 2 rings (SSSR count). The topological polar surface area (TPSA) is 7.12 Å². The summed E-state index contributed by atoms with van der Waals surface area (Å²) >= 11 is 0. The molecule has 1 aliphatic heterocycles. The number of aromatic nitrogens is 1. The molecular weight excluding hydrogens is 360 g/mol. The summed E-state index contributed by atoms with van der Waals surface area (Å²) in [6, 6.07) is 5.16. The lowest BCUT2D eigenvalue weighted by atomic mass is 10.1. The quantitative estimate of drug-likeness (QED) is 0.316. The van der Waals surface area contributed by atoms with Crippen molar-refractivity contribution in [3.8, 4) is 0 Å². The van der Waals surface area contributed by atoms with E-state index in [2.05, 4.69) is 47.6 Å². The number of rotatable bonds is 11. The molecule has 2 nitrogen and oxygen atoms in total. The molecule has 3 heteroatoms. The zero-order valence-electron chi connectivity index (χ0n) is 15.4. The van der Waals surface area contributed by atoms with Crippen molar-refractivity contribution in [1.29, 1.82) is 0 Å². The molecule has 1 aromatic heterocycles. The van der Waals surface area contributed by atoms with Gasteiger partial charge in [0, 0.05) is 24.1 Å². The molecule has 0 saturated carbocycles. The maximum Gasteiger partial charge on any atom is 0.173 e. The second kappa shape index (κ2) is 12.7. The highest BCUT2D eigenvalue weighted by molar-refractivity contribution is 5.12. The molecule has 2 heterocycles. The van der Waals surface area contributed by atoms with Gasteiger partial charge in [0.2, 0.25) is 0 Å². The largest absolute Gasteiger partial charge is 1.00 e. The van der Waals surface area contributed by atoms with Crippen LogP contribution < -0.4 is 21.5 Å². The average Bonchev–Trinajstić information content (AvgIpc) is 3.00. The predicted octanol–water partition coefficient (Wildman–Crippen LogP) is 2.05. The fourth-order valence-electron chi connectivity index (χ4n) is 3.68. The molecule has 0 aliphatic carbocycles. The van der Waals surface area contributed by atoms with Crippen LogP contribution >= 0.6 is 0 Å². The van der Waals surface area contributed by atoms with Crippen LogP contribution in [0.4, 0.5) is 0 Å². The molecule has 0 N–H and O–H groups in total. The number of aryl methyl sites for hydroxylation is 1. The first-order chi connectivity index (χ1) is 11.3. The number of hydrogen-bond donors (Lipinski definition) is 0. The molecule has 0 radical (unpaired) electrons. The Bertz CT molecular complexity index is 461. The first-order valence-corrected chi connectivity index (χ1v) is 9.61. The van der Waals surface area contributed by atoms with Gasteiger partial charge in [-0.3, -0.25) is 4.90 Å². The first-order valence-electron chi connectivity index (χ1n) is 9.61. The van der Waals surface area contributed by atoms with Gasteiger partial charge < -0.3 is 17.0 Å². The molecule has 1 aromatic rings. The first kappa shape index (κ1) is 21.4. The maximum absolute atomic E-state index is 3.78. The SMILES string of the molecule is C=CCCCCCCCCC[n+]1cccc([C@@H]2CCCN2C)c1.[Br-]. The third-order valence-electron chi connectivity index (χ3n) is 5.11. The number of unbranched alkanes of at least 4 members (excludes halogenated alkanes) is 7. The predicted molar refractivity (Wildman–Crippen MR) is 98.4 cm³/mol. The van der Waals surface area contributed by atoms with Crippen LogP contribution in [0.1, 0.15) is 75.8 Å². The van der Waals surface area contributed by atoms with Gasteiger partial charge in [-0.05, 0) is 51.8 Å². The number of halogens is 1. The second-order valence-corrected chi connectivity index (χ2v) is 7.07. The Balaban J connectivity index is 0.00000288. The Labute approximate surface area is 159 Å². The highest BCUT2D eigenvalue weighted by Crippen LogP contribution is 2.29. The molecule has 0 spiro atoms. The highest BCUT2D eigenvalue weighted by atomic mass is 79.9. The molecule has 1 fully saturated rings. The molecule has 1 saturated heterocycles. The lowest BCUT2D eigenvalue weighted by molar-refractivity contribution is -0.697. The molecule has 136 valence electrons. The standard InChI is InChI=1S/C21H35N2.BrH/c1-3-4-5-6-7-8-9-10-11-17-23-18-12-14-20(19-23)21-15-13-16-22(21)2;/h3,12,14,18-19,21H,1,4-11,13,15-17H2,2H3;1H/q+1;/p-1/t21-;/m0./s1. The van der Waals surface area contributed by atoms with Crippen molar-refractivity contribution in [3.63, 3.8) is 0 Å². The van der Waals surface area contributed by atoms with Crippen LogP contribution in [-0.4, -0.2) is 18.5 Å². The van der Waals surface area contributed by atoms with Crippen LogP contribution in [0, 0.1) is 0 Å². The van der Waals surface area contributed by atoms with E-state index in [0.29, 0.717) is 6.04 Å². The van der Waals surface area contributed by atoms with Crippen LogP contribution in [0.15, 0.2) is 37.2 Å². The molecule has 1 atom stereocenters. The van der Waals surface area contributed by atoms with Gasteiger partial charge in [0.15, 0.2) is 12.4 Å². The van der Waals surface area contributed by atoms with Gasteiger partial charge in [-0.25, -0.2) is 4.57 Å². The lowest BCUT2D eigenvalue weighted by Crippen LogP contribution is -3.00. The summed E-state index contributed by atoms with van der Waals surface area (Å²) in [6.45, 7) is 6.19. The number of hydrogen-bond acceptors (Lipinski definition) is 1. The van der Waals surface area contributed by atoms with Gasteiger partial charge in [-0.2, -0.15) is 0 Å². The van der Waals surface area contributed by atoms with Gasteiger partial charge in [-0.15, -0.1) is 6.58 Å². The van der Waals surface area contributed by atoms with E-state index in [-0.39, 0.29) is 17.0 Å². The van der Waals surface area contributed by atoms with E-state index in [1.165, 1.54) is 82.9 Å². The summed E-state index contributed by atoms with van der Waals surface area (Å²) in [4.78, 5) is 2.49. The van der Waals surface area contributed by atoms with E-state index in [1.54, 1.807) is 0 Å². The fraction of sp³-hybridized carbons (Fsp3) is 0.667. The number of pyridine rings is 1. The van der Waals surface area contributed by atoms with E-state index in [1.807, 2.05) is 6.08 Å². The van der Waals surface area contributed by atoms with E-state index in [0.717, 1.165) is 0 Å². The number of allylic oxidation sites excluding steroid dienone is 1. The zero-order valence-corrected chi connectivity index (χ0v) is 17.0. The Kier molecular flexibility index (Phi) is 11.3. The zero-order chi connectivity index (χ0) is 16.3. The fourth-order valence-corrected chi connectivity index (χ4v) is 3.68. The summed E-state index contributed by atoms with van der Waals surface area (Å²) in [5, 5.41) is 0. The van der Waals surface area contributed by atoms with Crippen LogP contribution in [-0.2, 0) is 6.54 Å². The molecule has 0 unspecified atom stereocenters. The van der Waals surface area contributed by atoms with Gasteiger partial charge in [0.25, 0.3) is 0 Å². The Morgan fingerprint density at radius 1 is 1.17 bits per heavy atom. The third-order valence-corrected chi connectivity index (χ3v) is 5.11. The van der Waals surface area contributed by atoms with Gasteiger partial charge >= 0.3 is 0 Å². The van der Waals surface area contributed by atoms with Crippen molar-refractivity contribution in [3.05, 3.63) is 42.7 Å². The van der Waals surface area contributed by atoms with E-state index >= 15 is 0 Å². The molecule has 0 aromatic carbocycles. The summed E-state index contributed by atoms with van der Waals surface area (Å²) in [5.74, 6) is 0. The minimum atomic E-state index is 0. The van der Waals surface area contributed by atoms with Crippen molar-refractivity contribution in [2.45, 2.75) is 76.8 Å². The molecule has 24 heavy (non-hydrogen) atoms. The van der Waals surface area contributed by atoms with E-state index < -0.39 is 0 Å². The van der Waals surface area contributed by atoms with Crippen LogP contribution in [0.2, 0.25) is 0 Å². The van der Waals surface area contributed by atoms with Crippen molar-refractivity contribution < 1.29 is 21.5 Å². The van der Waals surface area contributed by atoms with Crippen LogP contribution in [0.3, 0.4) is 0 Å². The van der Waals surface area contributed by atoms with E-state index in [9.17, 15) is 0 Å². The minimum Gasteiger partial charge on any atom is -1.00 e. The molecule has 0 bridgehead atoms. The van der Waals surface area contributed by atoms with Gasteiger partial charge in [0.1, 0.15) is 6.54 Å². The molecule has 0 amide bonds. The summed E-state index contributed by atoms with van der Waals surface area (Å²) in [6.07, 6.45) is 20.0. The third kappa shape index (κ3) is 7.48. The Morgan fingerprint density at radius 2 is 1.88 bits per heavy atom. The molecular formula is C21H35BrN2. The van der Waals surface area contributed by atoms with Crippen molar-refractivity contribution in [2.24, 2.45) is 0 Å². The monoisotopic (exact) mass is 394 g/mol. The van der Waals surface area contributed by atoms with Crippen molar-refractivity contribution >= 4 is 0 Å². The maximum atomic E-state index is 3.78.